The van der Waals surface area contributed by atoms with Crippen LogP contribution >= 0.6 is 10.6 Å². The monoisotopic (exact) mass is 565 g/mol. The third kappa shape index (κ3) is 5.44. The molecule has 3 aliphatic rings. The molecule has 0 bridgehead atoms. The van der Waals surface area contributed by atoms with Crippen molar-refractivity contribution in [3.05, 3.63) is 54.2 Å². The molecule has 1 saturated heterocycles. The SMILES string of the molecule is N#CC1(NC(=O)[C@@H]2CCCC[C@H]2c2oc(-c3ccc(F)cn3)nc2-c2ccc(N3CCS(O)(O)CC3)cc2)CC1. The van der Waals surface area contributed by atoms with E-state index in [0.29, 0.717) is 61.0 Å². The summed E-state index contributed by atoms with van der Waals surface area (Å²) in [6.45, 7) is 1.14. The number of carbonyl (C=O) groups excluding carboxylic acids is 1. The number of amides is 1. The van der Waals surface area contributed by atoms with Crippen LogP contribution < -0.4 is 10.2 Å². The maximum atomic E-state index is 13.6. The first kappa shape index (κ1) is 26.7. The molecule has 2 atom stereocenters. The van der Waals surface area contributed by atoms with Gasteiger partial charge in [-0.3, -0.25) is 13.9 Å². The molecule has 11 heteroatoms. The molecule has 1 aromatic carbocycles. The average molecular weight is 566 g/mol. The lowest BCUT2D eigenvalue weighted by Gasteiger charge is -2.41. The molecule has 1 amide bonds. The number of benzene rings is 1. The van der Waals surface area contributed by atoms with E-state index in [4.69, 9.17) is 9.40 Å². The minimum absolute atomic E-state index is 0.126. The Morgan fingerprint density at radius 3 is 2.50 bits per heavy atom. The number of carbonyl (C=O) groups is 1. The highest BCUT2D eigenvalue weighted by Gasteiger charge is 2.47. The Hall–Kier alpha value is -3.46. The van der Waals surface area contributed by atoms with Crippen molar-refractivity contribution in [1.82, 2.24) is 15.3 Å². The van der Waals surface area contributed by atoms with E-state index in [0.717, 1.165) is 36.7 Å². The summed E-state index contributed by atoms with van der Waals surface area (Å²) in [6.07, 6.45) is 5.75. The maximum absolute atomic E-state index is 13.6. The second-order valence-electron chi connectivity index (χ2n) is 11.0. The Bertz CT molecular complexity index is 1420. The number of hydrogen-bond donors (Lipinski definition) is 3. The standard InChI is InChI=1S/C29H32FN5O4S/c30-20-7-10-24(32-17-20)28-33-25(19-5-8-21(9-6-19)35-13-15-40(37,38)16-14-35)26(39-28)22-3-1-2-4-23(22)27(36)34-29(18-31)11-12-29/h5-10,17,22-23,37-38H,1-4,11-16H2,(H,34,36)/t22-,23-/m1/s1. The van der Waals surface area contributed by atoms with Crippen molar-refractivity contribution in [2.45, 2.75) is 50.0 Å². The van der Waals surface area contributed by atoms with E-state index in [1.165, 1.54) is 12.1 Å². The Labute approximate surface area is 233 Å². The van der Waals surface area contributed by atoms with Crippen molar-refractivity contribution >= 4 is 22.2 Å². The number of oxazole rings is 1. The first-order chi connectivity index (χ1) is 19.3. The molecule has 1 aliphatic heterocycles. The van der Waals surface area contributed by atoms with Gasteiger partial charge in [0.25, 0.3) is 0 Å². The fourth-order valence-electron chi connectivity index (χ4n) is 5.69. The summed E-state index contributed by atoms with van der Waals surface area (Å²) in [7, 11) is -2.48. The molecule has 9 nitrogen and oxygen atoms in total. The summed E-state index contributed by atoms with van der Waals surface area (Å²) >= 11 is 0. The van der Waals surface area contributed by atoms with Gasteiger partial charge in [0.05, 0.1) is 23.8 Å². The third-order valence-corrected chi connectivity index (χ3v) is 9.92. The van der Waals surface area contributed by atoms with Crippen molar-refractivity contribution in [3.8, 4) is 28.9 Å². The molecule has 2 aliphatic carbocycles. The number of anilines is 1. The summed E-state index contributed by atoms with van der Waals surface area (Å²) in [5.41, 5.74) is 2.06. The van der Waals surface area contributed by atoms with Crippen molar-refractivity contribution < 1.29 is 22.7 Å². The van der Waals surface area contributed by atoms with Crippen LogP contribution in [-0.4, -0.2) is 55.1 Å². The predicted molar refractivity (Wildman–Crippen MR) is 150 cm³/mol. The molecule has 210 valence electrons. The number of rotatable bonds is 6. The molecule has 3 N–H and O–H groups in total. The molecule has 2 saturated carbocycles. The summed E-state index contributed by atoms with van der Waals surface area (Å²) in [5, 5.41) is 12.5. The number of halogens is 1. The number of aromatic nitrogens is 2. The van der Waals surface area contributed by atoms with Gasteiger partial charge in [0, 0.05) is 36.2 Å². The topological polar surface area (TPSA) is 136 Å². The van der Waals surface area contributed by atoms with E-state index in [9.17, 15) is 23.6 Å². The van der Waals surface area contributed by atoms with Gasteiger partial charge in [-0.25, -0.2) is 14.4 Å². The van der Waals surface area contributed by atoms with Gasteiger partial charge in [0.1, 0.15) is 28.5 Å². The molecule has 3 fully saturated rings. The second kappa shape index (κ2) is 10.5. The summed E-state index contributed by atoms with van der Waals surface area (Å²) in [5.74, 6) is 0.403. The fraction of sp³-hybridized carbons (Fsp3) is 0.448. The molecule has 3 heterocycles. The molecule has 6 rings (SSSR count). The van der Waals surface area contributed by atoms with Crippen LogP contribution in [0.3, 0.4) is 0 Å². The molecule has 2 aromatic heterocycles. The zero-order chi connectivity index (χ0) is 27.9. The Morgan fingerprint density at radius 1 is 1.12 bits per heavy atom. The van der Waals surface area contributed by atoms with Crippen LogP contribution in [0.1, 0.15) is 50.2 Å². The largest absolute Gasteiger partial charge is 0.439 e. The van der Waals surface area contributed by atoms with Gasteiger partial charge in [0.2, 0.25) is 11.8 Å². The van der Waals surface area contributed by atoms with Crippen molar-refractivity contribution in [2.24, 2.45) is 5.92 Å². The van der Waals surface area contributed by atoms with Gasteiger partial charge in [-0.15, -0.1) is 0 Å². The van der Waals surface area contributed by atoms with Gasteiger partial charge in [-0.05, 0) is 49.9 Å². The molecule has 0 spiro atoms. The van der Waals surface area contributed by atoms with Gasteiger partial charge in [-0.1, -0.05) is 25.0 Å². The number of pyridine rings is 1. The van der Waals surface area contributed by atoms with Gasteiger partial charge in [0.15, 0.2) is 0 Å². The molecule has 0 radical (unpaired) electrons. The lowest BCUT2D eigenvalue weighted by Crippen LogP contribution is -2.42. The smallest absolute Gasteiger partial charge is 0.245 e. The first-order valence-corrected chi connectivity index (χ1v) is 15.6. The normalized spacial score (nSPS) is 24.1. The van der Waals surface area contributed by atoms with E-state index in [1.807, 2.05) is 24.3 Å². The van der Waals surface area contributed by atoms with Gasteiger partial charge < -0.3 is 14.6 Å². The number of nitriles is 1. The van der Waals surface area contributed by atoms with Crippen LogP contribution in [0, 0.1) is 23.1 Å². The molecular weight excluding hydrogens is 533 g/mol. The van der Waals surface area contributed by atoms with Crippen molar-refractivity contribution in [3.63, 3.8) is 0 Å². The summed E-state index contributed by atoms with van der Waals surface area (Å²) < 4.78 is 39.8. The molecule has 0 unspecified atom stereocenters. The highest BCUT2D eigenvalue weighted by Crippen LogP contribution is 2.45. The van der Waals surface area contributed by atoms with E-state index in [2.05, 4.69) is 21.3 Å². The Balaban J connectivity index is 1.34. The Kier molecular flexibility index (Phi) is 7.02. The van der Waals surface area contributed by atoms with Crippen LogP contribution in [-0.2, 0) is 4.79 Å². The maximum Gasteiger partial charge on any atom is 0.245 e. The summed E-state index contributed by atoms with van der Waals surface area (Å²) in [6, 6.07) is 12.9. The minimum Gasteiger partial charge on any atom is -0.439 e. The molecule has 40 heavy (non-hydrogen) atoms. The molecular formula is C29H32FN5O4S. The third-order valence-electron chi connectivity index (χ3n) is 8.25. The number of hydrogen-bond acceptors (Lipinski definition) is 8. The quantitative estimate of drug-likeness (QED) is 0.354. The molecule has 3 aromatic rings. The van der Waals surface area contributed by atoms with Crippen LogP contribution in [0.15, 0.2) is 47.0 Å². The number of nitrogens with zero attached hydrogens (tertiary/aromatic N) is 4. The minimum atomic E-state index is -2.48. The average Bonchev–Trinajstić information content (AvgIpc) is 3.60. The van der Waals surface area contributed by atoms with Crippen molar-refractivity contribution in [2.75, 3.05) is 29.5 Å². The van der Waals surface area contributed by atoms with Crippen LogP contribution in [0.5, 0.6) is 0 Å². The second-order valence-corrected chi connectivity index (χ2v) is 13.4. The van der Waals surface area contributed by atoms with E-state index in [-0.39, 0.29) is 23.6 Å². The lowest BCUT2D eigenvalue weighted by molar-refractivity contribution is -0.127. The van der Waals surface area contributed by atoms with Crippen LogP contribution in [0.4, 0.5) is 10.1 Å². The lowest BCUT2D eigenvalue weighted by atomic mass is 9.76. The van der Waals surface area contributed by atoms with Crippen LogP contribution in [0.2, 0.25) is 0 Å². The van der Waals surface area contributed by atoms with Crippen LogP contribution in [0.25, 0.3) is 22.8 Å². The predicted octanol–water partition coefficient (Wildman–Crippen LogP) is 5.56. The van der Waals surface area contributed by atoms with Gasteiger partial charge >= 0.3 is 0 Å². The zero-order valence-corrected chi connectivity index (χ0v) is 22.9. The highest BCUT2D eigenvalue weighted by atomic mass is 32.3. The van der Waals surface area contributed by atoms with Gasteiger partial charge in [-0.2, -0.15) is 15.9 Å². The highest BCUT2D eigenvalue weighted by molar-refractivity contribution is 8.24. The Morgan fingerprint density at radius 2 is 1.85 bits per heavy atom. The summed E-state index contributed by atoms with van der Waals surface area (Å²) in [4.78, 5) is 24.5. The first-order valence-electron chi connectivity index (χ1n) is 13.7. The van der Waals surface area contributed by atoms with E-state index in [1.54, 1.807) is 0 Å². The van der Waals surface area contributed by atoms with E-state index < -0.39 is 21.9 Å². The number of nitrogens with one attached hydrogen (secondary N) is 1. The van der Waals surface area contributed by atoms with Crippen molar-refractivity contribution in [1.29, 1.82) is 5.26 Å². The van der Waals surface area contributed by atoms with E-state index >= 15 is 0 Å². The fourth-order valence-corrected chi connectivity index (χ4v) is 6.92. The zero-order valence-electron chi connectivity index (χ0n) is 22.1.